The largest absolute Gasteiger partial charge is 0.493 e. The van der Waals surface area contributed by atoms with Gasteiger partial charge in [-0.1, -0.05) is 54.6 Å². The number of fused-ring (bicyclic) bond motifs is 2. The van der Waals surface area contributed by atoms with Crippen molar-refractivity contribution in [2.45, 2.75) is 44.1 Å². The molecule has 3 N–H and O–H groups in total. The Morgan fingerprint density at radius 3 is 2.39 bits per heavy atom. The zero-order valence-corrected chi connectivity index (χ0v) is 24.9. The smallest absolute Gasteiger partial charge is 0.312 e. The van der Waals surface area contributed by atoms with E-state index < -0.39 is 23.3 Å². The molecule has 2 aliphatic rings. The van der Waals surface area contributed by atoms with Crippen molar-refractivity contribution in [2.24, 2.45) is 11.1 Å². The molecule has 1 aliphatic heterocycles. The molecule has 4 aromatic rings. The summed E-state index contributed by atoms with van der Waals surface area (Å²) in [5.41, 5.74) is 8.14. The van der Waals surface area contributed by atoms with Crippen molar-refractivity contribution in [1.82, 2.24) is 9.97 Å². The van der Waals surface area contributed by atoms with Crippen LogP contribution in [0.25, 0.3) is 10.9 Å². The number of methoxy groups -OCH3 is 2. The molecule has 10 heteroatoms. The zero-order chi connectivity index (χ0) is 30.8. The van der Waals surface area contributed by atoms with Gasteiger partial charge in [-0.05, 0) is 54.9 Å². The first kappa shape index (κ1) is 29.2. The van der Waals surface area contributed by atoms with Gasteiger partial charge < -0.3 is 24.8 Å². The molecule has 228 valence electrons. The quantitative estimate of drug-likeness (QED) is 0.292. The number of ether oxygens (including phenoxy) is 3. The molecular formula is C34H36N4O6. The lowest BCUT2D eigenvalue weighted by molar-refractivity contribution is -0.165. The topological polar surface area (TPSA) is 137 Å². The molecule has 10 nitrogen and oxygen atoms in total. The zero-order valence-electron chi connectivity index (χ0n) is 24.9. The number of carbonyl (C=O) groups is 2. The first-order chi connectivity index (χ1) is 21.3. The van der Waals surface area contributed by atoms with Gasteiger partial charge in [-0.2, -0.15) is 0 Å². The maximum absolute atomic E-state index is 14.2. The first-order valence-electron chi connectivity index (χ1n) is 14.8. The molecule has 1 aliphatic carbocycles. The standard InChI is InChI=1S/C34H36N4O6/c1-42-27-18-24-25(19-28(27)43-2)36-33(37-31(24)40)38-16-14-34(15-17-38,20-21-8-4-3-5-9-21)32(41)44-26-13-12-22-10-6-7-11-23(22)29(26)30(35)39/h3-11,18-19,26,29H,12-17,20H2,1-2H3,(H2,35,39)(H,36,37,40). The van der Waals surface area contributed by atoms with E-state index in [1.165, 1.54) is 14.2 Å². The Balaban J connectivity index is 1.27. The number of hydrogen-bond acceptors (Lipinski definition) is 8. The van der Waals surface area contributed by atoms with E-state index in [0.29, 0.717) is 73.5 Å². The van der Waals surface area contributed by atoms with Crippen LogP contribution in [-0.2, 0) is 27.2 Å². The maximum Gasteiger partial charge on any atom is 0.312 e. The maximum atomic E-state index is 14.2. The van der Waals surface area contributed by atoms with E-state index >= 15 is 0 Å². The monoisotopic (exact) mass is 596 g/mol. The summed E-state index contributed by atoms with van der Waals surface area (Å²) in [4.78, 5) is 49.5. The average molecular weight is 597 g/mol. The van der Waals surface area contributed by atoms with Gasteiger partial charge in [0.15, 0.2) is 11.5 Å². The van der Waals surface area contributed by atoms with Crippen molar-refractivity contribution < 1.29 is 23.8 Å². The fourth-order valence-corrected chi connectivity index (χ4v) is 6.65. The summed E-state index contributed by atoms with van der Waals surface area (Å²) >= 11 is 0. The van der Waals surface area contributed by atoms with Crippen LogP contribution in [-0.4, -0.2) is 55.3 Å². The molecule has 2 unspecified atom stereocenters. The van der Waals surface area contributed by atoms with Gasteiger partial charge >= 0.3 is 5.97 Å². The van der Waals surface area contributed by atoms with Gasteiger partial charge in [-0.25, -0.2) is 4.98 Å². The van der Waals surface area contributed by atoms with Gasteiger partial charge in [0.25, 0.3) is 5.56 Å². The van der Waals surface area contributed by atoms with Crippen LogP contribution >= 0.6 is 0 Å². The molecule has 0 saturated carbocycles. The molecule has 1 saturated heterocycles. The van der Waals surface area contributed by atoms with Crippen LogP contribution < -0.4 is 25.7 Å². The van der Waals surface area contributed by atoms with Crippen LogP contribution in [0.1, 0.15) is 41.9 Å². The number of H-pyrrole nitrogens is 1. The fourth-order valence-electron chi connectivity index (χ4n) is 6.65. The summed E-state index contributed by atoms with van der Waals surface area (Å²) in [5.74, 6) is -0.167. The van der Waals surface area contributed by atoms with Crippen molar-refractivity contribution in [3.63, 3.8) is 0 Å². The van der Waals surface area contributed by atoms with Crippen molar-refractivity contribution in [2.75, 3.05) is 32.2 Å². The highest BCUT2D eigenvalue weighted by atomic mass is 16.5. The molecule has 0 radical (unpaired) electrons. The van der Waals surface area contributed by atoms with E-state index in [1.54, 1.807) is 12.1 Å². The highest BCUT2D eigenvalue weighted by Gasteiger charge is 2.46. The number of benzene rings is 3. The minimum absolute atomic E-state index is 0.290. The molecule has 1 fully saturated rings. The van der Waals surface area contributed by atoms with Gasteiger partial charge in [-0.15, -0.1) is 0 Å². The summed E-state index contributed by atoms with van der Waals surface area (Å²) < 4.78 is 17.0. The third kappa shape index (κ3) is 5.47. The second kappa shape index (κ2) is 12.0. The molecule has 1 amide bonds. The Morgan fingerprint density at radius 1 is 1.00 bits per heavy atom. The van der Waals surface area contributed by atoms with Crippen molar-refractivity contribution in [3.05, 3.63) is 93.8 Å². The SMILES string of the molecule is COc1cc2nc(N3CCC(Cc4ccccc4)(C(=O)OC4CCc5ccccc5C4C(N)=O)CC3)[nH]c(=O)c2cc1OC. The van der Waals surface area contributed by atoms with Gasteiger partial charge in [0, 0.05) is 19.2 Å². The van der Waals surface area contributed by atoms with Crippen LogP contribution in [0, 0.1) is 5.41 Å². The third-order valence-electron chi connectivity index (χ3n) is 9.06. The van der Waals surface area contributed by atoms with E-state index in [-0.39, 0.29) is 11.5 Å². The number of anilines is 1. The van der Waals surface area contributed by atoms with Crippen molar-refractivity contribution in [3.8, 4) is 11.5 Å². The van der Waals surface area contributed by atoms with Crippen molar-refractivity contribution in [1.29, 1.82) is 0 Å². The second-order valence-electron chi connectivity index (χ2n) is 11.6. The normalized spacial score (nSPS) is 19.2. The number of esters is 1. The number of piperidine rings is 1. The summed E-state index contributed by atoms with van der Waals surface area (Å²) in [5, 5.41) is 0.392. The number of aromatic amines is 1. The molecule has 44 heavy (non-hydrogen) atoms. The average Bonchev–Trinajstić information content (AvgIpc) is 3.04. The summed E-state index contributed by atoms with van der Waals surface area (Å²) in [6, 6.07) is 20.9. The number of aromatic nitrogens is 2. The lowest BCUT2D eigenvalue weighted by Crippen LogP contribution is -2.49. The van der Waals surface area contributed by atoms with Crippen LogP contribution in [0.4, 0.5) is 5.95 Å². The van der Waals surface area contributed by atoms with E-state index in [9.17, 15) is 14.4 Å². The molecule has 0 spiro atoms. The number of rotatable bonds is 8. The molecule has 3 aromatic carbocycles. The number of aryl methyl sites for hydroxylation is 1. The van der Waals surface area contributed by atoms with Gasteiger partial charge in [0.1, 0.15) is 6.10 Å². The second-order valence-corrected chi connectivity index (χ2v) is 11.6. The number of nitrogens with one attached hydrogen (secondary N) is 1. The van der Waals surface area contributed by atoms with E-state index in [4.69, 9.17) is 24.9 Å². The van der Waals surface area contributed by atoms with Crippen LogP contribution in [0.5, 0.6) is 11.5 Å². The molecule has 0 bridgehead atoms. The summed E-state index contributed by atoms with van der Waals surface area (Å²) in [6.45, 7) is 0.937. The molecule has 2 atom stereocenters. The Bertz CT molecular complexity index is 1750. The first-order valence-corrected chi connectivity index (χ1v) is 14.8. The Kier molecular flexibility index (Phi) is 7.99. The number of hydrogen-bond donors (Lipinski definition) is 2. The lowest BCUT2D eigenvalue weighted by Gasteiger charge is -2.42. The molecule has 2 heterocycles. The van der Waals surface area contributed by atoms with Crippen LogP contribution in [0.2, 0.25) is 0 Å². The highest BCUT2D eigenvalue weighted by molar-refractivity contribution is 5.85. The Labute approximate surface area is 255 Å². The fraction of sp³-hybridized carbons (Fsp3) is 0.353. The minimum Gasteiger partial charge on any atom is -0.493 e. The molecule has 1 aromatic heterocycles. The van der Waals surface area contributed by atoms with Crippen LogP contribution in [0.15, 0.2) is 71.5 Å². The van der Waals surface area contributed by atoms with Gasteiger partial charge in [-0.3, -0.25) is 19.4 Å². The predicted molar refractivity (Wildman–Crippen MR) is 166 cm³/mol. The number of amides is 1. The molecule has 6 rings (SSSR count). The van der Waals surface area contributed by atoms with Gasteiger partial charge in [0.2, 0.25) is 11.9 Å². The summed E-state index contributed by atoms with van der Waals surface area (Å²) in [6.07, 6.45) is 2.03. The minimum atomic E-state index is -0.829. The predicted octanol–water partition coefficient (Wildman–Crippen LogP) is 3.90. The Morgan fingerprint density at radius 2 is 1.68 bits per heavy atom. The van der Waals surface area contributed by atoms with E-state index in [1.807, 2.05) is 59.5 Å². The summed E-state index contributed by atoms with van der Waals surface area (Å²) in [7, 11) is 3.05. The Hall–Kier alpha value is -4.86. The third-order valence-corrected chi connectivity index (χ3v) is 9.06. The highest BCUT2D eigenvalue weighted by Crippen LogP contribution is 2.41. The lowest BCUT2D eigenvalue weighted by atomic mass is 9.73. The number of carbonyl (C=O) groups excluding carboxylic acids is 2. The van der Waals surface area contributed by atoms with Crippen molar-refractivity contribution >= 4 is 28.7 Å². The van der Waals surface area contributed by atoms with E-state index in [0.717, 1.165) is 16.7 Å². The molecular weight excluding hydrogens is 560 g/mol. The van der Waals surface area contributed by atoms with Crippen LogP contribution in [0.3, 0.4) is 0 Å². The number of nitrogens with zero attached hydrogens (tertiary/aromatic N) is 2. The number of primary amides is 1. The van der Waals surface area contributed by atoms with Gasteiger partial charge in [0.05, 0.1) is 36.5 Å². The van der Waals surface area contributed by atoms with E-state index in [2.05, 4.69) is 4.98 Å². The number of nitrogens with two attached hydrogens (primary N) is 1.